The van der Waals surface area contributed by atoms with E-state index in [0.717, 1.165) is 82.9 Å². The van der Waals surface area contributed by atoms with Gasteiger partial charge in [0, 0.05) is 0 Å². The first-order valence-electron chi connectivity index (χ1n) is 30.2. The Morgan fingerprint density at radius 3 is 0.704 bits per heavy atom. The molecule has 1 aromatic carbocycles. The second kappa shape index (κ2) is 37.1. The Balaban J connectivity index is 0.00000126. The lowest BCUT2D eigenvalue weighted by Crippen LogP contribution is -2.23. The van der Waals surface area contributed by atoms with Gasteiger partial charge in [0.2, 0.25) is 0 Å². The van der Waals surface area contributed by atoms with Gasteiger partial charge in [0.1, 0.15) is 0 Å². The third-order valence-electron chi connectivity index (χ3n) is 21.3. The van der Waals surface area contributed by atoms with Crippen molar-refractivity contribution in [1.82, 2.24) is 0 Å². The van der Waals surface area contributed by atoms with Crippen molar-refractivity contribution in [2.45, 2.75) is 338 Å². The molecule has 0 atom stereocenters. The van der Waals surface area contributed by atoms with Crippen LogP contribution in [0, 0.1) is 96.7 Å². The molecule has 0 unspecified atom stereocenters. The van der Waals surface area contributed by atoms with Gasteiger partial charge in [-0.15, -0.1) is 0 Å². The maximum Gasteiger partial charge on any atom is -0.0248 e. The highest BCUT2D eigenvalue weighted by Crippen LogP contribution is 2.44. The van der Waals surface area contributed by atoms with Crippen LogP contribution < -0.4 is 0 Å². The molecule has 0 amide bonds. The van der Waals surface area contributed by atoms with Crippen LogP contribution in [-0.4, -0.2) is 0 Å². The van der Waals surface area contributed by atoms with Crippen molar-refractivity contribution in [3.63, 3.8) is 0 Å². The van der Waals surface area contributed by atoms with E-state index >= 15 is 0 Å². The fourth-order valence-corrected chi connectivity index (χ4v) is 15.8. The largest absolute Gasteiger partial charge is 0.0776 e. The molecule has 0 nitrogen and oxygen atoms in total. The van der Waals surface area contributed by atoms with Crippen molar-refractivity contribution in [1.29, 1.82) is 0 Å². The normalized spacial score (nSPS) is 33.9. The van der Waals surface area contributed by atoms with Crippen LogP contribution in [0.3, 0.4) is 0 Å². The quantitative estimate of drug-likeness (QED) is 0.155. The van der Waals surface area contributed by atoms with Gasteiger partial charge in [-0.25, -0.2) is 0 Å². The van der Waals surface area contributed by atoms with Gasteiger partial charge in [0.15, 0.2) is 0 Å². The molecule has 0 aromatic heterocycles. The van der Waals surface area contributed by atoms with Crippen molar-refractivity contribution >= 4 is 0 Å². The summed E-state index contributed by atoms with van der Waals surface area (Å²) in [5, 5.41) is 0. The van der Waals surface area contributed by atoms with Crippen molar-refractivity contribution in [2.24, 2.45) is 82.9 Å². The van der Waals surface area contributed by atoms with Crippen LogP contribution >= 0.6 is 0 Å². The highest BCUT2D eigenvalue weighted by molar-refractivity contribution is 5.40. The summed E-state index contributed by atoms with van der Waals surface area (Å²) in [5.74, 6) is 14.5. The first-order valence-corrected chi connectivity index (χ1v) is 30.2. The fourth-order valence-electron chi connectivity index (χ4n) is 15.8. The number of benzene rings is 1. The van der Waals surface area contributed by atoms with E-state index < -0.39 is 0 Å². The Morgan fingerprint density at radius 2 is 0.451 bits per heavy atom. The molecule has 0 bridgehead atoms. The number of hydrogen-bond acceptors (Lipinski definition) is 0. The zero-order chi connectivity index (χ0) is 44.7. The minimum Gasteiger partial charge on any atom is -0.0776 e. The third kappa shape index (κ3) is 24.0. The Hall–Kier alpha value is -0.780. The van der Waals surface area contributed by atoms with Gasteiger partial charge in [-0.05, 0) is 170 Å². The minimum atomic E-state index is 0. The first-order chi connectivity index (χ1) is 31.1. The summed E-state index contributed by atoms with van der Waals surface area (Å²) in [6.45, 7) is 14.6. The summed E-state index contributed by atoms with van der Waals surface area (Å²) in [7, 11) is 0. The predicted octanol–water partition coefficient (Wildman–Crippen LogP) is 24.7. The number of hydrogen-bond donors (Lipinski definition) is 0. The topological polar surface area (TPSA) is 0 Å². The van der Waals surface area contributed by atoms with Crippen LogP contribution in [0.15, 0.2) is 12.1 Å². The molecule has 0 heterocycles. The molecule has 8 rings (SSSR count). The molecule has 7 aliphatic rings. The van der Waals surface area contributed by atoms with Crippen LogP contribution in [0.25, 0.3) is 0 Å². The van der Waals surface area contributed by atoms with Crippen LogP contribution in [0.2, 0.25) is 0 Å². The molecular formula is C71H138. The molecule has 7 aliphatic carbocycles. The summed E-state index contributed by atoms with van der Waals surface area (Å²) in [4.78, 5) is 0. The maximum absolute atomic E-state index is 2.51. The van der Waals surface area contributed by atoms with E-state index in [9.17, 15) is 0 Å². The van der Waals surface area contributed by atoms with E-state index in [4.69, 9.17) is 0 Å². The molecule has 422 valence electrons. The van der Waals surface area contributed by atoms with E-state index in [1.54, 1.807) is 112 Å². The standard InChI is InChI=1S/C33H54.C31H56.7CH4/c1-24-8-12-28(13-9-24)6-5-7-29-16-18-31(19-17-29)23-33-21-20-32(26(3)27(33)4)22-30-14-10-25(2)11-15-30;1-24-6-10-26(11-7-24)4-3-5-27-14-16-29(17-15-27)23-31-20-18-30(19-21-31)22-28-12-8-25(2)9-13-28;;;;;;;/h20-21,24-25,28-31H,5-19,22-23H2,1-4H3;24-31H,3-23H2,1-2H3;7*1H4. The molecule has 0 aliphatic heterocycles. The van der Waals surface area contributed by atoms with Gasteiger partial charge in [0.05, 0.1) is 0 Å². The highest BCUT2D eigenvalue weighted by atomic mass is 14.4. The average molecular weight is 992 g/mol. The smallest absolute Gasteiger partial charge is 0.0248 e. The molecular weight excluding hydrogens is 853 g/mol. The van der Waals surface area contributed by atoms with E-state index in [1.165, 1.54) is 154 Å². The molecule has 0 N–H and O–H groups in total. The van der Waals surface area contributed by atoms with E-state index in [1.807, 2.05) is 0 Å². The highest BCUT2D eigenvalue weighted by Gasteiger charge is 2.30. The van der Waals surface area contributed by atoms with E-state index in [0.29, 0.717) is 0 Å². The summed E-state index contributed by atoms with van der Waals surface area (Å²) in [6, 6.07) is 5.02. The molecule has 7 saturated carbocycles. The maximum atomic E-state index is 2.51. The third-order valence-corrected chi connectivity index (χ3v) is 21.3. The zero-order valence-corrected chi connectivity index (χ0v) is 44.1. The van der Waals surface area contributed by atoms with Crippen molar-refractivity contribution in [2.75, 3.05) is 0 Å². The molecule has 7 fully saturated rings. The Bertz CT molecular complexity index is 1380. The molecule has 1 aromatic rings. The summed E-state index contributed by atoms with van der Waals surface area (Å²) in [5.41, 5.74) is 6.52. The molecule has 0 saturated heterocycles. The summed E-state index contributed by atoms with van der Waals surface area (Å²) in [6.07, 6.45) is 57.7. The van der Waals surface area contributed by atoms with E-state index in [-0.39, 0.29) is 52.0 Å². The summed E-state index contributed by atoms with van der Waals surface area (Å²) < 4.78 is 0. The second-order valence-corrected chi connectivity index (χ2v) is 26.5. The van der Waals surface area contributed by atoms with Gasteiger partial charge in [-0.2, -0.15) is 0 Å². The monoisotopic (exact) mass is 991 g/mol. The molecule has 71 heavy (non-hydrogen) atoms. The average Bonchev–Trinajstić information content (AvgIpc) is 3.31. The second-order valence-electron chi connectivity index (χ2n) is 26.5. The Labute approximate surface area is 452 Å². The molecule has 0 spiro atoms. The van der Waals surface area contributed by atoms with Crippen LogP contribution in [0.5, 0.6) is 0 Å². The molecule has 0 heteroatoms. The SMILES string of the molecule is C.C.C.C.C.C.C.CC1CCC(CCCC2CCC(CC3CCC(CC4CCC(C)CC4)CC3)CC2)CC1.Cc1c(CC2CCC(C)CC2)ccc(CC2CCC(CCCC3CCC(C)CC3)CC2)c1C. The van der Waals surface area contributed by atoms with Gasteiger partial charge in [-0.3, -0.25) is 0 Å². The van der Waals surface area contributed by atoms with E-state index in [2.05, 4.69) is 53.7 Å². The predicted molar refractivity (Wildman–Crippen MR) is 328 cm³/mol. The van der Waals surface area contributed by atoms with Crippen molar-refractivity contribution < 1.29 is 0 Å². The van der Waals surface area contributed by atoms with Crippen molar-refractivity contribution in [3.05, 3.63) is 34.4 Å². The van der Waals surface area contributed by atoms with Gasteiger partial charge >= 0.3 is 0 Å². The lowest BCUT2D eigenvalue weighted by Gasteiger charge is -2.36. The van der Waals surface area contributed by atoms with Gasteiger partial charge in [0.25, 0.3) is 0 Å². The zero-order valence-electron chi connectivity index (χ0n) is 44.1. The van der Waals surface area contributed by atoms with Gasteiger partial charge < -0.3 is 0 Å². The lowest BCUT2D eigenvalue weighted by molar-refractivity contribution is 0.163. The summed E-state index contributed by atoms with van der Waals surface area (Å²) >= 11 is 0. The van der Waals surface area contributed by atoms with Gasteiger partial charge in [-0.1, -0.05) is 284 Å². The first kappa shape index (κ1) is 70.2. The number of rotatable bonds is 16. The van der Waals surface area contributed by atoms with Crippen LogP contribution in [0.4, 0.5) is 0 Å². The molecule has 0 radical (unpaired) electrons. The van der Waals surface area contributed by atoms with Crippen LogP contribution in [-0.2, 0) is 12.8 Å². The lowest BCUT2D eigenvalue weighted by atomic mass is 9.70. The minimum absolute atomic E-state index is 0. The Kier molecular flexibility index (Phi) is 36.7. The van der Waals surface area contributed by atoms with Crippen LogP contribution in [0.1, 0.15) is 333 Å². The Morgan fingerprint density at radius 1 is 0.268 bits per heavy atom. The van der Waals surface area contributed by atoms with Crippen molar-refractivity contribution in [3.8, 4) is 0 Å². The fraction of sp³-hybridized carbons (Fsp3) is 0.915.